The van der Waals surface area contributed by atoms with Crippen LogP contribution in [0.4, 0.5) is 0 Å². The Hall–Kier alpha value is -0.0400. The van der Waals surface area contributed by atoms with Crippen LogP contribution in [0.25, 0.3) is 0 Å². The molecule has 0 aliphatic heterocycles. The van der Waals surface area contributed by atoms with Crippen LogP contribution in [0.3, 0.4) is 0 Å². The lowest BCUT2D eigenvalue weighted by Gasteiger charge is -2.04. The Labute approximate surface area is 68.6 Å². The maximum absolute atomic E-state index is 3.77. The van der Waals surface area contributed by atoms with Crippen LogP contribution < -0.4 is 5.32 Å². The van der Waals surface area contributed by atoms with Crippen molar-refractivity contribution in [3.63, 3.8) is 0 Å². The van der Waals surface area contributed by atoms with Gasteiger partial charge in [-0.2, -0.15) is 0 Å². The summed E-state index contributed by atoms with van der Waals surface area (Å²) >= 11 is 0. The normalized spacial score (nSPS) is 48.5. The van der Waals surface area contributed by atoms with Gasteiger partial charge in [0.1, 0.15) is 0 Å². The molecule has 0 aromatic rings. The highest BCUT2D eigenvalue weighted by Crippen LogP contribution is 2.50. The zero-order chi connectivity index (χ0) is 7.26. The summed E-state index contributed by atoms with van der Waals surface area (Å²) in [6.45, 7) is 0. The van der Waals surface area contributed by atoms with E-state index < -0.39 is 0 Å². The SMILES string of the molecule is C1CCC2C(C1)C2NC1CC1. The van der Waals surface area contributed by atoms with E-state index >= 15 is 0 Å². The molecule has 0 bridgehead atoms. The number of hydrogen-bond acceptors (Lipinski definition) is 1. The quantitative estimate of drug-likeness (QED) is 0.636. The van der Waals surface area contributed by atoms with Gasteiger partial charge < -0.3 is 5.32 Å². The molecule has 0 amide bonds. The first-order valence-electron chi connectivity index (χ1n) is 5.21. The van der Waals surface area contributed by atoms with Gasteiger partial charge in [0, 0.05) is 12.1 Å². The Bertz CT molecular complexity index is 150. The Morgan fingerprint density at radius 3 is 2.00 bits per heavy atom. The first-order valence-corrected chi connectivity index (χ1v) is 5.21. The highest BCUT2D eigenvalue weighted by molar-refractivity contribution is 5.07. The highest BCUT2D eigenvalue weighted by Gasteiger charge is 2.51. The second-order valence-corrected chi connectivity index (χ2v) is 4.58. The van der Waals surface area contributed by atoms with Gasteiger partial charge in [-0.3, -0.25) is 0 Å². The first-order chi connectivity index (χ1) is 5.45. The van der Waals surface area contributed by atoms with E-state index in [1.807, 2.05) is 0 Å². The molecule has 0 heterocycles. The molecule has 3 fully saturated rings. The van der Waals surface area contributed by atoms with Crippen LogP contribution in [0.2, 0.25) is 0 Å². The molecule has 11 heavy (non-hydrogen) atoms. The highest BCUT2D eigenvalue weighted by atomic mass is 15.0. The maximum atomic E-state index is 3.77. The zero-order valence-electron chi connectivity index (χ0n) is 7.05. The third-order valence-electron chi connectivity index (χ3n) is 3.66. The van der Waals surface area contributed by atoms with Crippen molar-refractivity contribution in [3.8, 4) is 0 Å². The summed E-state index contributed by atoms with van der Waals surface area (Å²) in [5, 5.41) is 3.77. The van der Waals surface area contributed by atoms with Gasteiger partial charge in [0.05, 0.1) is 0 Å². The fourth-order valence-electron chi connectivity index (χ4n) is 2.76. The van der Waals surface area contributed by atoms with Crippen LogP contribution in [0.1, 0.15) is 38.5 Å². The van der Waals surface area contributed by atoms with Crippen LogP contribution >= 0.6 is 0 Å². The molecule has 3 rings (SSSR count). The van der Waals surface area contributed by atoms with Gasteiger partial charge in [-0.05, 0) is 37.5 Å². The minimum absolute atomic E-state index is 0.936. The molecule has 2 unspecified atom stereocenters. The van der Waals surface area contributed by atoms with E-state index in [1.54, 1.807) is 0 Å². The van der Waals surface area contributed by atoms with Gasteiger partial charge in [0.2, 0.25) is 0 Å². The largest absolute Gasteiger partial charge is 0.311 e. The molecule has 0 aromatic carbocycles. The minimum atomic E-state index is 0.936. The van der Waals surface area contributed by atoms with Crippen LogP contribution in [-0.2, 0) is 0 Å². The first kappa shape index (κ1) is 6.47. The zero-order valence-corrected chi connectivity index (χ0v) is 7.05. The van der Waals surface area contributed by atoms with E-state index in [0.29, 0.717) is 0 Å². The lowest BCUT2D eigenvalue weighted by atomic mass is 10.0. The number of rotatable bonds is 2. The molecule has 0 aromatic heterocycles. The Morgan fingerprint density at radius 1 is 0.818 bits per heavy atom. The fraction of sp³-hybridized carbons (Fsp3) is 1.00. The number of nitrogens with one attached hydrogen (secondary N) is 1. The van der Waals surface area contributed by atoms with E-state index in [2.05, 4.69) is 5.32 Å². The Morgan fingerprint density at radius 2 is 1.45 bits per heavy atom. The van der Waals surface area contributed by atoms with Crippen molar-refractivity contribution in [1.29, 1.82) is 0 Å². The summed E-state index contributed by atoms with van der Waals surface area (Å²) < 4.78 is 0. The molecule has 3 aliphatic carbocycles. The van der Waals surface area contributed by atoms with E-state index in [-0.39, 0.29) is 0 Å². The Balaban J connectivity index is 1.56. The van der Waals surface area contributed by atoms with Crippen molar-refractivity contribution in [2.45, 2.75) is 50.6 Å². The van der Waals surface area contributed by atoms with E-state index in [9.17, 15) is 0 Å². The van der Waals surface area contributed by atoms with Crippen molar-refractivity contribution in [2.75, 3.05) is 0 Å². The minimum Gasteiger partial charge on any atom is -0.311 e. The summed E-state index contributed by atoms with van der Waals surface area (Å²) in [5.74, 6) is 2.20. The molecule has 1 N–H and O–H groups in total. The Kier molecular flexibility index (Phi) is 1.31. The van der Waals surface area contributed by atoms with Crippen molar-refractivity contribution < 1.29 is 0 Å². The third kappa shape index (κ3) is 1.10. The molecule has 0 radical (unpaired) electrons. The van der Waals surface area contributed by atoms with Gasteiger partial charge >= 0.3 is 0 Å². The van der Waals surface area contributed by atoms with Crippen molar-refractivity contribution in [2.24, 2.45) is 11.8 Å². The van der Waals surface area contributed by atoms with Gasteiger partial charge in [0.25, 0.3) is 0 Å². The summed E-state index contributed by atoms with van der Waals surface area (Å²) in [6, 6.07) is 1.90. The predicted molar refractivity (Wildman–Crippen MR) is 45.4 cm³/mol. The van der Waals surface area contributed by atoms with Crippen LogP contribution in [0.15, 0.2) is 0 Å². The average molecular weight is 151 g/mol. The smallest absolute Gasteiger partial charge is 0.0133 e. The standard InChI is InChI=1S/C10H17N/c1-2-4-9-8(3-1)10(9)11-7-5-6-7/h7-11H,1-6H2. The van der Waals surface area contributed by atoms with Crippen LogP contribution in [0.5, 0.6) is 0 Å². The molecule has 1 heteroatoms. The topological polar surface area (TPSA) is 12.0 Å². The monoisotopic (exact) mass is 151 g/mol. The summed E-state index contributed by atoms with van der Waals surface area (Å²) in [6.07, 6.45) is 8.96. The van der Waals surface area contributed by atoms with E-state index in [1.165, 1.54) is 38.5 Å². The molecule has 3 saturated carbocycles. The van der Waals surface area contributed by atoms with Crippen LogP contribution in [0, 0.1) is 11.8 Å². The predicted octanol–water partition coefficient (Wildman–Crippen LogP) is 1.93. The fourth-order valence-corrected chi connectivity index (χ4v) is 2.76. The average Bonchev–Trinajstić information content (AvgIpc) is 2.91. The molecular weight excluding hydrogens is 134 g/mol. The van der Waals surface area contributed by atoms with E-state index in [0.717, 1.165) is 23.9 Å². The van der Waals surface area contributed by atoms with Gasteiger partial charge in [-0.1, -0.05) is 12.8 Å². The summed E-state index contributed by atoms with van der Waals surface area (Å²) in [7, 11) is 0. The molecule has 1 nitrogen and oxygen atoms in total. The summed E-state index contributed by atoms with van der Waals surface area (Å²) in [5.41, 5.74) is 0. The lowest BCUT2D eigenvalue weighted by molar-refractivity contribution is 0.480. The van der Waals surface area contributed by atoms with E-state index in [4.69, 9.17) is 0 Å². The second-order valence-electron chi connectivity index (χ2n) is 4.58. The lowest BCUT2D eigenvalue weighted by Crippen LogP contribution is -2.21. The number of hydrogen-bond donors (Lipinski definition) is 1. The molecule has 0 spiro atoms. The van der Waals surface area contributed by atoms with Crippen molar-refractivity contribution in [3.05, 3.63) is 0 Å². The van der Waals surface area contributed by atoms with Gasteiger partial charge in [0.15, 0.2) is 0 Å². The third-order valence-corrected chi connectivity index (χ3v) is 3.66. The van der Waals surface area contributed by atoms with Gasteiger partial charge in [-0.15, -0.1) is 0 Å². The van der Waals surface area contributed by atoms with Crippen molar-refractivity contribution >= 4 is 0 Å². The molecule has 62 valence electrons. The molecule has 0 saturated heterocycles. The van der Waals surface area contributed by atoms with Gasteiger partial charge in [-0.25, -0.2) is 0 Å². The number of fused-ring (bicyclic) bond motifs is 1. The maximum Gasteiger partial charge on any atom is 0.0133 e. The van der Waals surface area contributed by atoms with Crippen LogP contribution in [-0.4, -0.2) is 12.1 Å². The molecule has 2 atom stereocenters. The summed E-state index contributed by atoms with van der Waals surface area (Å²) in [4.78, 5) is 0. The molecule has 3 aliphatic rings. The molecular formula is C10H17N. The second kappa shape index (κ2) is 2.22. The van der Waals surface area contributed by atoms with Crippen molar-refractivity contribution in [1.82, 2.24) is 5.32 Å².